The molecule has 0 spiro atoms. The number of H-pyrrole nitrogens is 1. The molecule has 0 unspecified atom stereocenters. The summed E-state index contributed by atoms with van der Waals surface area (Å²) in [5.74, 6) is 0.539. The quantitative estimate of drug-likeness (QED) is 0.834. The van der Waals surface area contributed by atoms with Crippen LogP contribution in [-0.4, -0.2) is 19.7 Å². The highest BCUT2D eigenvalue weighted by Crippen LogP contribution is 2.17. The number of anilines is 2. The smallest absolute Gasteiger partial charge is 0.266 e. The average molecular weight is 345 g/mol. The Morgan fingerprint density at radius 3 is 2.94 bits per heavy atom. The number of hydrogen-bond donors (Lipinski definition) is 2. The van der Waals surface area contributed by atoms with Gasteiger partial charge < -0.3 is 10.3 Å². The van der Waals surface area contributed by atoms with Crippen molar-refractivity contribution in [2.45, 2.75) is 19.9 Å². The van der Waals surface area contributed by atoms with Crippen molar-refractivity contribution in [3.8, 4) is 0 Å². The molecule has 0 saturated carbocycles. The van der Waals surface area contributed by atoms with Crippen molar-refractivity contribution in [3.05, 3.63) is 32.6 Å². The van der Waals surface area contributed by atoms with Crippen LogP contribution < -0.4 is 10.9 Å². The minimum atomic E-state index is -0.153. The van der Waals surface area contributed by atoms with Gasteiger partial charge in [0.15, 0.2) is 5.82 Å². The van der Waals surface area contributed by atoms with E-state index < -0.39 is 0 Å². The van der Waals surface area contributed by atoms with E-state index >= 15 is 0 Å². The fourth-order valence-corrected chi connectivity index (χ4v) is 1.72. The van der Waals surface area contributed by atoms with Crippen LogP contribution in [0.15, 0.2) is 23.5 Å². The van der Waals surface area contributed by atoms with Gasteiger partial charge in [0.05, 0.1) is 18.2 Å². The summed E-state index contributed by atoms with van der Waals surface area (Å²) in [5, 5.41) is 7.27. The van der Waals surface area contributed by atoms with E-state index in [4.69, 9.17) is 0 Å². The fourth-order valence-electron chi connectivity index (χ4n) is 1.29. The summed E-state index contributed by atoms with van der Waals surface area (Å²) in [7, 11) is 0. The van der Waals surface area contributed by atoms with Crippen molar-refractivity contribution in [2.75, 3.05) is 5.32 Å². The van der Waals surface area contributed by atoms with E-state index in [0.29, 0.717) is 15.4 Å². The minimum Gasteiger partial charge on any atom is -0.337 e. The molecule has 0 amide bonds. The first-order valence-electron chi connectivity index (χ1n) is 5.12. The number of halogens is 1. The normalized spacial score (nSPS) is 10.8. The molecule has 90 valence electrons. The monoisotopic (exact) mass is 345 g/mol. The first kappa shape index (κ1) is 12.1. The molecule has 0 aliphatic rings. The largest absolute Gasteiger partial charge is 0.337 e. The molecule has 0 atom stereocenters. The molecule has 17 heavy (non-hydrogen) atoms. The first-order chi connectivity index (χ1) is 8.08. The maximum absolute atomic E-state index is 11.4. The third-order valence-electron chi connectivity index (χ3n) is 2.19. The molecule has 0 fully saturated rings. The molecule has 2 N–H and O–H groups in total. The zero-order valence-corrected chi connectivity index (χ0v) is 11.6. The van der Waals surface area contributed by atoms with Crippen LogP contribution in [0.1, 0.15) is 19.9 Å². The zero-order chi connectivity index (χ0) is 12.4. The predicted molar refractivity (Wildman–Crippen MR) is 73.5 cm³/mol. The van der Waals surface area contributed by atoms with E-state index in [1.54, 1.807) is 6.20 Å². The van der Waals surface area contributed by atoms with E-state index in [1.165, 1.54) is 6.33 Å². The summed E-state index contributed by atoms with van der Waals surface area (Å²) in [5.41, 5.74) is 0.661. The summed E-state index contributed by atoms with van der Waals surface area (Å²) in [6.45, 7) is 4.10. The highest BCUT2D eigenvalue weighted by Gasteiger charge is 2.07. The van der Waals surface area contributed by atoms with Gasteiger partial charge in [0, 0.05) is 12.2 Å². The maximum atomic E-state index is 11.4. The molecular weight excluding hydrogens is 333 g/mol. The lowest BCUT2D eigenvalue weighted by Crippen LogP contribution is -2.12. The standard InChI is InChI=1S/C10H12IN5O/c1-6(2)16-4-7(3-14-16)15-9-8(11)10(17)13-5-12-9/h3-6H,1-2H3,(H2,12,13,15,17). The summed E-state index contributed by atoms with van der Waals surface area (Å²) in [4.78, 5) is 18.0. The van der Waals surface area contributed by atoms with Gasteiger partial charge >= 0.3 is 0 Å². The summed E-state index contributed by atoms with van der Waals surface area (Å²) < 4.78 is 2.37. The van der Waals surface area contributed by atoms with Gasteiger partial charge in [0.25, 0.3) is 5.56 Å². The Bertz CT molecular complexity index is 574. The molecule has 2 heterocycles. The van der Waals surface area contributed by atoms with Crippen LogP contribution in [-0.2, 0) is 0 Å². The van der Waals surface area contributed by atoms with Gasteiger partial charge in [-0.25, -0.2) is 4.98 Å². The predicted octanol–water partition coefficient (Wildman–Crippen LogP) is 1.90. The Morgan fingerprint density at radius 2 is 2.29 bits per heavy atom. The summed E-state index contributed by atoms with van der Waals surface area (Å²) in [6.07, 6.45) is 4.96. The van der Waals surface area contributed by atoms with Crippen LogP contribution in [0.25, 0.3) is 0 Å². The van der Waals surface area contributed by atoms with Crippen LogP contribution in [0.3, 0.4) is 0 Å². The molecule has 0 radical (unpaired) electrons. The first-order valence-corrected chi connectivity index (χ1v) is 6.20. The van der Waals surface area contributed by atoms with Gasteiger partial charge in [-0.05, 0) is 36.4 Å². The molecule has 0 aliphatic heterocycles. The fraction of sp³-hybridized carbons (Fsp3) is 0.300. The molecule has 2 aromatic heterocycles. The lowest BCUT2D eigenvalue weighted by Gasteiger charge is -2.04. The molecule has 2 rings (SSSR count). The maximum Gasteiger partial charge on any atom is 0.266 e. The zero-order valence-electron chi connectivity index (χ0n) is 9.44. The lowest BCUT2D eigenvalue weighted by molar-refractivity contribution is 0.532. The van der Waals surface area contributed by atoms with Gasteiger partial charge in [-0.15, -0.1) is 0 Å². The van der Waals surface area contributed by atoms with E-state index in [-0.39, 0.29) is 5.56 Å². The number of rotatable bonds is 3. The number of hydrogen-bond acceptors (Lipinski definition) is 4. The minimum absolute atomic E-state index is 0.153. The Kier molecular flexibility index (Phi) is 3.46. The van der Waals surface area contributed by atoms with Gasteiger partial charge in [-0.3, -0.25) is 9.48 Å². The van der Waals surface area contributed by atoms with Crippen molar-refractivity contribution < 1.29 is 0 Å². The number of aromatic nitrogens is 4. The Labute approximate surface area is 112 Å². The molecule has 2 aromatic rings. The summed E-state index contributed by atoms with van der Waals surface area (Å²) >= 11 is 1.96. The molecular formula is C10H12IN5O. The third kappa shape index (κ3) is 2.65. The van der Waals surface area contributed by atoms with Crippen LogP contribution >= 0.6 is 22.6 Å². The molecule has 0 aliphatic carbocycles. The topological polar surface area (TPSA) is 75.6 Å². The molecule has 6 nitrogen and oxygen atoms in total. The molecule has 0 bridgehead atoms. The number of aromatic amines is 1. The van der Waals surface area contributed by atoms with Crippen LogP contribution in [0.2, 0.25) is 0 Å². The average Bonchev–Trinajstić information content (AvgIpc) is 2.73. The Hall–Kier alpha value is -1.38. The molecule has 0 aromatic carbocycles. The van der Waals surface area contributed by atoms with Crippen molar-refractivity contribution >= 4 is 34.1 Å². The highest BCUT2D eigenvalue weighted by atomic mass is 127. The van der Waals surface area contributed by atoms with Crippen LogP contribution in [0.5, 0.6) is 0 Å². The second-order valence-corrected chi connectivity index (χ2v) is 4.90. The number of nitrogens with one attached hydrogen (secondary N) is 2. The van der Waals surface area contributed by atoms with Crippen LogP contribution in [0.4, 0.5) is 11.5 Å². The van der Waals surface area contributed by atoms with Gasteiger partial charge in [-0.1, -0.05) is 0 Å². The van der Waals surface area contributed by atoms with Crippen molar-refractivity contribution in [3.63, 3.8) is 0 Å². The molecule has 7 heteroatoms. The van der Waals surface area contributed by atoms with E-state index in [1.807, 2.05) is 47.3 Å². The van der Waals surface area contributed by atoms with Gasteiger partial charge in [-0.2, -0.15) is 5.10 Å². The third-order valence-corrected chi connectivity index (χ3v) is 3.19. The second kappa shape index (κ2) is 4.86. The van der Waals surface area contributed by atoms with E-state index in [0.717, 1.165) is 5.69 Å². The van der Waals surface area contributed by atoms with Crippen LogP contribution in [0, 0.1) is 3.57 Å². The second-order valence-electron chi connectivity index (χ2n) is 3.82. The van der Waals surface area contributed by atoms with Crippen molar-refractivity contribution in [2.24, 2.45) is 0 Å². The lowest BCUT2D eigenvalue weighted by atomic mass is 10.4. The van der Waals surface area contributed by atoms with Gasteiger partial charge in [0.2, 0.25) is 0 Å². The van der Waals surface area contributed by atoms with E-state index in [2.05, 4.69) is 20.4 Å². The number of nitrogens with zero attached hydrogens (tertiary/aromatic N) is 3. The summed E-state index contributed by atoms with van der Waals surface area (Å²) in [6, 6.07) is 0.303. The Balaban J connectivity index is 2.25. The Morgan fingerprint density at radius 1 is 1.53 bits per heavy atom. The SMILES string of the molecule is CC(C)n1cc(Nc2nc[nH]c(=O)c2I)cn1. The van der Waals surface area contributed by atoms with Crippen molar-refractivity contribution in [1.82, 2.24) is 19.7 Å². The van der Waals surface area contributed by atoms with Crippen molar-refractivity contribution in [1.29, 1.82) is 0 Å². The molecule has 0 saturated heterocycles. The van der Waals surface area contributed by atoms with Gasteiger partial charge in [0.1, 0.15) is 3.57 Å². The van der Waals surface area contributed by atoms with E-state index in [9.17, 15) is 4.79 Å². The highest BCUT2D eigenvalue weighted by molar-refractivity contribution is 14.1.